The Bertz CT molecular complexity index is 338. The first-order valence-corrected chi connectivity index (χ1v) is 6.35. The maximum atomic E-state index is 3.66. The molecule has 0 heterocycles. The highest BCUT2D eigenvalue weighted by molar-refractivity contribution is 9.09. The quantitative estimate of drug-likeness (QED) is 0.698. The van der Waals surface area contributed by atoms with E-state index in [1.807, 2.05) is 0 Å². The van der Waals surface area contributed by atoms with Crippen LogP contribution in [0.2, 0.25) is 0 Å². The van der Waals surface area contributed by atoms with E-state index in [0.29, 0.717) is 5.41 Å². The summed E-state index contributed by atoms with van der Waals surface area (Å²) in [4.78, 5) is 0. The maximum Gasteiger partial charge on any atom is 0.0129 e. The van der Waals surface area contributed by atoms with Crippen molar-refractivity contribution in [3.8, 4) is 0 Å². The fourth-order valence-electron chi connectivity index (χ4n) is 2.62. The first kappa shape index (κ1) is 10.2. The highest BCUT2D eigenvalue weighted by atomic mass is 79.9. The number of alkyl halides is 1. The van der Waals surface area contributed by atoms with Gasteiger partial charge in [-0.3, -0.25) is 0 Å². The Morgan fingerprint density at radius 1 is 1.14 bits per heavy atom. The van der Waals surface area contributed by atoms with Gasteiger partial charge in [0.15, 0.2) is 0 Å². The first-order chi connectivity index (χ1) is 6.59. The van der Waals surface area contributed by atoms with Gasteiger partial charge in [-0.1, -0.05) is 33.6 Å². The summed E-state index contributed by atoms with van der Waals surface area (Å²) in [5.41, 5.74) is 6.40. The third-order valence-corrected chi connectivity index (χ3v) is 4.39. The molecule has 14 heavy (non-hydrogen) atoms. The third kappa shape index (κ3) is 1.52. The topological polar surface area (TPSA) is 0 Å². The van der Waals surface area contributed by atoms with Crippen molar-refractivity contribution >= 4 is 15.9 Å². The molecule has 0 N–H and O–H groups in total. The van der Waals surface area contributed by atoms with Crippen molar-refractivity contribution < 1.29 is 0 Å². The zero-order chi connectivity index (χ0) is 10.3. The van der Waals surface area contributed by atoms with Crippen molar-refractivity contribution in [2.24, 2.45) is 0 Å². The van der Waals surface area contributed by atoms with Crippen LogP contribution in [0.15, 0.2) is 12.1 Å². The molecule has 0 unspecified atom stereocenters. The van der Waals surface area contributed by atoms with Crippen molar-refractivity contribution in [1.82, 2.24) is 0 Å². The molecule has 0 saturated heterocycles. The van der Waals surface area contributed by atoms with Gasteiger partial charge < -0.3 is 0 Å². The summed E-state index contributed by atoms with van der Waals surface area (Å²) < 4.78 is 0. The van der Waals surface area contributed by atoms with Gasteiger partial charge in [-0.05, 0) is 50.3 Å². The van der Waals surface area contributed by atoms with E-state index < -0.39 is 0 Å². The Morgan fingerprint density at radius 2 is 1.64 bits per heavy atom. The van der Waals surface area contributed by atoms with Crippen LogP contribution in [-0.2, 0) is 5.41 Å². The molecular formula is C13H17Br. The van der Waals surface area contributed by atoms with Crippen molar-refractivity contribution in [3.63, 3.8) is 0 Å². The second-order valence-electron chi connectivity index (χ2n) is 4.69. The summed E-state index contributed by atoms with van der Waals surface area (Å²) in [6.07, 6.45) is 2.70. The number of hydrogen-bond acceptors (Lipinski definition) is 0. The molecule has 0 amide bonds. The highest BCUT2D eigenvalue weighted by Crippen LogP contribution is 2.51. The van der Waals surface area contributed by atoms with E-state index in [1.165, 1.54) is 29.5 Å². The second-order valence-corrected chi connectivity index (χ2v) is 5.25. The molecule has 1 heteroatoms. The molecule has 0 radical (unpaired) electrons. The fourth-order valence-corrected chi connectivity index (χ4v) is 3.46. The van der Waals surface area contributed by atoms with E-state index in [9.17, 15) is 0 Å². The summed E-state index contributed by atoms with van der Waals surface area (Å²) in [5.74, 6) is 0. The Balaban J connectivity index is 2.53. The normalized spacial score (nSPS) is 18.3. The maximum absolute atomic E-state index is 3.66. The minimum atomic E-state index is 0.474. The number of rotatable bonds is 2. The van der Waals surface area contributed by atoms with Crippen molar-refractivity contribution in [2.75, 3.05) is 5.33 Å². The summed E-state index contributed by atoms with van der Waals surface area (Å²) in [5, 5.41) is 1.12. The van der Waals surface area contributed by atoms with Crippen molar-refractivity contribution in [2.45, 2.75) is 39.0 Å². The summed E-state index contributed by atoms with van der Waals surface area (Å²) in [7, 11) is 0. The van der Waals surface area contributed by atoms with Crippen LogP contribution in [0.1, 0.15) is 35.1 Å². The Morgan fingerprint density at radius 3 is 2.00 bits per heavy atom. The standard InChI is InChI=1S/C13H17Br/c1-9-6-10(2)12(11(3)7-9)13(8-14)4-5-13/h6-7H,4-5,8H2,1-3H3. The lowest BCUT2D eigenvalue weighted by Gasteiger charge is -2.19. The molecule has 0 aromatic heterocycles. The van der Waals surface area contributed by atoms with Crippen LogP contribution in [0, 0.1) is 20.8 Å². The lowest BCUT2D eigenvalue weighted by molar-refractivity contribution is 0.790. The van der Waals surface area contributed by atoms with Gasteiger partial charge in [0, 0.05) is 10.7 Å². The van der Waals surface area contributed by atoms with Crippen molar-refractivity contribution in [1.29, 1.82) is 0 Å². The molecule has 0 aliphatic heterocycles. The van der Waals surface area contributed by atoms with Gasteiger partial charge in [0.2, 0.25) is 0 Å². The average Bonchev–Trinajstić information content (AvgIpc) is 2.83. The van der Waals surface area contributed by atoms with Gasteiger partial charge in [0.1, 0.15) is 0 Å². The summed E-state index contributed by atoms with van der Waals surface area (Å²) >= 11 is 3.66. The van der Waals surface area contributed by atoms with Gasteiger partial charge in [-0.2, -0.15) is 0 Å². The molecule has 1 aliphatic carbocycles. The molecule has 1 aromatic carbocycles. The Hall–Kier alpha value is -0.300. The first-order valence-electron chi connectivity index (χ1n) is 5.23. The van der Waals surface area contributed by atoms with Gasteiger partial charge in [0.05, 0.1) is 0 Å². The van der Waals surface area contributed by atoms with E-state index in [1.54, 1.807) is 5.56 Å². The van der Waals surface area contributed by atoms with Crippen LogP contribution in [0.5, 0.6) is 0 Å². The van der Waals surface area contributed by atoms with Crippen LogP contribution in [0.3, 0.4) is 0 Å². The van der Waals surface area contributed by atoms with E-state index in [-0.39, 0.29) is 0 Å². The highest BCUT2D eigenvalue weighted by Gasteiger charge is 2.44. The van der Waals surface area contributed by atoms with Crippen LogP contribution in [0.25, 0.3) is 0 Å². The number of hydrogen-bond donors (Lipinski definition) is 0. The molecule has 0 bridgehead atoms. The molecule has 76 valence electrons. The van der Waals surface area contributed by atoms with Gasteiger partial charge >= 0.3 is 0 Å². The minimum Gasteiger partial charge on any atom is -0.0918 e. The molecular weight excluding hydrogens is 236 g/mol. The predicted molar refractivity (Wildman–Crippen MR) is 65.4 cm³/mol. The Labute approximate surface area is 94.8 Å². The minimum absolute atomic E-state index is 0.474. The van der Waals surface area contributed by atoms with Crippen LogP contribution in [0.4, 0.5) is 0 Å². The van der Waals surface area contributed by atoms with E-state index in [2.05, 4.69) is 48.8 Å². The van der Waals surface area contributed by atoms with E-state index in [0.717, 1.165) is 5.33 Å². The third-order valence-electron chi connectivity index (χ3n) is 3.32. The predicted octanol–water partition coefficient (Wildman–Crippen LogP) is 4.04. The number of aryl methyl sites for hydroxylation is 3. The molecule has 1 fully saturated rings. The Kier molecular flexibility index (Phi) is 2.46. The average molecular weight is 253 g/mol. The molecule has 2 rings (SSSR count). The van der Waals surface area contributed by atoms with E-state index >= 15 is 0 Å². The zero-order valence-corrected chi connectivity index (χ0v) is 10.7. The lowest BCUT2D eigenvalue weighted by atomic mass is 9.88. The molecule has 0 atom stereocenters. The van der Waals surface area contributed by atoms with E-state index in [4.69, 9.17) is 0 Å². The monoisotopic (exact) mass is 252 g/mol. The molecule has 0 nitrogen and oxygen atoms in total. The van der Waals surface area contributed by atoms with Crippen LogP contribution in [-0.4, -0.2) is 5.33 Å². The SMILES string of the molecule is Cc1cc(C)c(C2(CBr)CC2)c(C)c1. The van der Waals surface area contributed by atoms with Gasteiger partial charge in [-0.25, -0.2) is 0 Å². The molecule has 0 spiro atoms. The number of halogens is 1. The van der Waals surface area contributed by atoms with Crippen molar-refractivity contribution in [3.05, 3.63) is 34.4 Å². The zero-order valence-electron chi connectivity index (χ0n) is 9.15. The summed E-state index contributed by atoms with van der Waals surface area (Å²) in [6.45, 7) is 6.67. The molecule has 1 saturated carbocycles. The number of benzene rings is 1. The largest absolute Gasteiger partial charge is 0.0918 e. The van der Waals surface area contributed by atoms with Gasteiger partial charge in [-0.15, -0.1) is 0 Å². The van der Waals surface area contributed by atoms with Crippen LogP contribution < -0.4 is 0 Å². The lowest BCUT2D eigenvalue weighted by Crippen LogP contribution is -2.12. The smallest absolute Gasteiger partial charge is 0.0129 e. The molecule has 1 aliphatic rings. The molecule has 1 aromatic rings. The second kappa shape index (κ2) is 3.37. The summed E-state index contributed by atoms with van der Waals surface area (Å²) in [6, 6.07) is 4.62. The van der Waals surface area contributed by atoms with Crippen LogP contribution >= 0.6 is 15.9 Å². The fraction of sp³-hybridized carbons (Fsp3) is 0.538. The van der Waals surface area contributed by atoms with Gasteiger partial charge in [0.25, 0.3) is 0 Å².